The first-order chi connectivity index (χ1) is 20.5. The van der Waals surface area contributed by atoms with Crippen LogP contribution < -0.4 is 16.0 Å². The molecule has 1 spiro atoms. The summed E-state index contributed by atoms with van der Waals surface area (Å²) in [6.07, 6.45) is 9.02. The Balaban J connectivity index is 1.25. The molecule has 8 nitrogen and oxygen atoms in total. The molecular formula is C34H44N4O4. The fourth-order valence-electron chi connectivity index (χ4n) is 6.45. The minimum Gasteiger partial charge on any atom is -0.381 e. The Hall–Kier alpha value is -3.49. The molecule has 0 radical (unpaired) electrons. The first kappa shape index (κ1) is 30.0. The molecule has 3 aliphatic rings. The number of piperidine rings is 1. The van der Waals surface area contributed by atoms with E-state index in [1.165, 1.54) is 5.56 Å². The fourth-order valence-corrected chi connectivity index (χ4v) is 6.45. The second-order valence-electron chi connectivity index (χ2n) is 12.0. The molecule has 0 aromatic heterocycles. The number of rotatable bonds is 7. The molecule has 3 atom stereocenters. The van der Waals surface area contributed by atoms with Crippen LogP contribution >= 0.6 is 0 Å². The Morgan fingerprint density at radius 3 is 2.40 bits per heavy atom. The van der Waals surface area contributed by atoms with Crippen molar-refractivity contribution in [3.8, 4) is 0 Å². The zero-order valence-corrected chi connectivity index (χ0v) is 24.4. The highest BCUT2D eigenvalue weighted by Crippen LogP contribution is 2.36. The predicted molar refractivity (Wildman–Crippen MR) is 163 cm³/mol. The molecule has 5 rings (SSSR count). The maximum Gasteiger partial charge on any atom is 0.243 e. The Morgan fingerprint density at radius 2 is 1.67 bits per heavy atom. The molecule has 2 aromatic rings. The number of carbonyl (C=O) groups is 3. The topological polar surface area (TPSA) is 99.8 Å². The van der Waals surface area contributed by atoms with Gasteiger partial charge in [-0.25, -0.2) is 0 Å². The molecule has 8 heteroatoms. The molecule has 0 aliphatic carbocycles. The third-order valence-electron chi connectivity index (χ3n) is 9.04. The fraction of sp³-hybridized carbons (Fsp3) is 0.500. The number of hydrogen-bond acceptors (Lipinski definition) is 5. The maximum absolute atomic E-state index is 13.8. The summed E-state index contributed by atoms with van der Waals surface area (Å²) < 4.78 is 5.60. The lowest BCUT2D eigenvalue weighted by Crippen LogP contribution is -2.58. The van der Waals surface area contributed by atoms with E-state index in [4.69, 9.17) is 4.74 Å². The summed E-state index contributed by atoms with van der Waals surface area (Å²) >= 11 is 0. The number of nitrogens with one attached hydrogen (secondary N) is 3. The van der Waals surface area contributed by atoms with Gasteiger partial charge in [-0.15, -0.1) is 0 Å². The Morgan fingerprint density at radius 1 is 0.952 bits per heavy atom. The molecule has 0 bridgehead atoms. The van der Waals surface area contributed by atoms with Crippen LogP contribution in [0.1, 0.15) is 43.2 Å². The molecule has 3 aliphatic heterocycles. The average Bonchev–Trinajstić information content (AvgIpc) is 3.01. The number of carbonyl (C=O) groups excluding carboxylic acids is 3. The van der Waals surface area contributed by atoms with Crippen molar-refractivity contribution < 1.29 is 19.1 Å². The van der Waals surface area contributed by atoms with Gasteiger partial charge < -0.3 is 20.7 Å². The summed E-state index contributed by atoms with van der Waals surface area (Å²) in [7, 11) is 0. The van der Waals surface area contributed by atoms with E-state index >= 15 is 0 Å². The first-order valence-corrected chi connectivity index (χ1v) is 15.4. The Labute approximate surface area is 249 Å². The summed E-state index contributed by atoms with van der Waals surface area (Å²) in [5.74, 6) is 0.0104. The van der Waals surface area contributed by atoms with Crippen LogP contribution in [-0.4, -0.2) is 74.1 Å². The Kier molecular flexibility index (Phi) is 10.4. The molecule has 2 aromatic carbocycles. The quantitative estimate of drug-likeness (QED) is 0.443. The number of nitrogens with zero attached hydrogens (tertiary/aromatic N) is 1. The third-order valence-corrected chi connectivity index (χ3v) is 9.04. The standard InChI is InChI=1S/C34H44N4O4/c39-31(35-19-14-26-9-3-1-4-10-26)25-38-20-15-29-28(24-38)13-7-8-16-34(17-21-42-22-18-34)33(41)37-30(32(40)36-29)23-27-11-5-2-6-12-27/h1-12,28-30H,13-25H2,(H,35,39)(H,36,40)(H,37,41)/b8-7+/t28-,29-,30-/m0/s1. The number of allylic oxidation sites excluding steroid dienone is 2. The number of likely N-dealkylation sites (tertiary alicyclic amines) is 1. The van der Waals surface area contributed by atoms with Crippen LogP contribution in [0.2, 0.25) is 0 Å². The van der Waals surface area contributed by atoms with Gasteiger partial charge >= 0.3 is 0 Å². The zero-order chi connectivity index (χ0) is 29.2. The van der Waals surface area contributed by atoms with Crippen LogP contribution in [0, 0.1) is 11.3 Å². The van der Waals surface area contributed by atoms with Crippen LogP contribution in [-0.2, 0) is 32.0 Å². The summed E-state index contributed by atoms with van der Waals surface area (Å²) in [5.41, 5.74) is 1.65. The van der Waals surface area contributed by atoms with Crippen LogP contribution in [0.3, 0.4) is 0 Å². The molecule has 2 fully saturated rings. The number of amides is 3. The van der Waals surface area contributed by atoms with Crippen molar-refractivity contribution in [3.63, 3.8) is 0 Å². The van der Waals surface area contributed by atoms with Gasteiger partial charge in [-0.1, -0.05) is 72.8 Å². The van der Waals surface area contributed by atoms with Crippen LogP contribution in [0.25, 0.3) is 0 Å². The van der Waals surface area contributed by atoms with E-state index in [0.717, 1.165) is 37.9 Å². The molecule has 0 saturated carbocycles. The first-order valence-electron chi connectivity index (χ1n) is 15.4. The van der Waals surface area contributed by atoms with Gasteiger partial charge in [0.05, 0.1) is 12.0 Å². The molecule has 3 heterocycles. The van der Waals surface area contributed by atoms with Crippen molar-refractivity contribution in [1.82, 2.24) is 20.9 Å². The van der Waals surface area contributed by atoms with E-state index in [-0.39, 0.29) is 29.7 Å². The minimum absolute atomic E-state index is 0.0221. The molecule has 42 heavy (non-hydrogen) atoms. The second kappa shape index (κ2) is 14.6. The number of fused-ring (bicyclic) bond motifs is 1. The van der Waals surface area contributed by atoms with Crippen molar-refractivity contribution >= 4 is 17.7 Å². The van der Waals surface area contributed by atoms with E-state index < -0.39 is 11.5 Å². The van der Waals surface area contributed by atoms with Crippen molar-refractivity contribution in [1.29, 1.82) is 0 Å². The number of benzene rings is 2. The summed E-state index contributed by atoms with van der Waals surface area (Å²) in [5, 5.41) is 9.52. The molecule has 0 unspecified atom stereocenters. The SMILES string of the molecule is O=C(CN1CC[C@@H]2NC(=O)[C@H](Cc3ccccc3)NC(=O)C3(C/C=C/C[C@H]2C1)CCOCC3)NCCc1ccccc1. The van der Waals surface area contributed by atoms with E-state index in [1.807, 2.05) is 48.5 Å². The molecule has 2 saturated heterocycles. The second-order valence-corrected chi connectivity index (χ2v) is 12.0. The van der Waals surface area contributed by atoms with Gasteiger partial charge in [0.1, 0.15) is 6.04 Å². The lowest BCUT2D eigenvalue weighted by atomic mass is 9.75. The van der Waals surface area contributed by atoms with Gasteiger partial charge in [0.2, 0.25) is 17.7 Å². The summed E-state index contributed by atoms with van der Waals surface area (Å²) in [4.78, 5) is 42.4. The van der Waals surface area contributed by atoms with E-state index in [1.54, 1.807) is 0 Å². The van der Waals surface area contributed by atoms with Gasteiger partial charge in [-0.2, -0.15) is 0 Å². The molecule has 3 amide bonds. The maximum atomic E-state index is 13.8. The highest BCUT2D eigenvalue weighted by molar-refractivity contribution is 5.90. The predicted octanol–water partition coefficient (Wildman–Crippen LogP) is 3.03. The molecular weight excluding hydrogens is 528 g/mol. The normalized spacial score (nSPS) is 25.7. The smallest absolute Gasteiger partial charge is 0.243 e. The van der Waals surface area contributed by atoms with Crippen LogP contribution in [0.15, 0.2) is 72.8 Å². The van der Waals surface area contributed by atoms with Gasteiger partial charge in [0.15, 0.2) is 0 Å². The molecule has 224 valence electrons. The Bertz CT molecular complexity index is 1210. The summed E-state index contributed by atoms with van der Waals surface area (Å²) in [6, 6.07) is 19.3. The average molecular weight is 573 g/mol. The van der Waals surface area contributed by atoms with Crippen molar-refractivity contribution in [2.75, 3.05) is 39.4 Å². The van der Waals surface area contributed by atoms with Crippen LogP contribution in [0.5, 0.6) is 0 Å². The largest absolute Gasteiger partial charge is 0.381 e. The minimum atomic E-state index is -0.655. The van der Waals surface area contributed by atoms with Crippen molar-refractivity contribution in [2.45, 2.75) is 57.0 Å². The van der Waals surface area contributed by atoms with Gasteiger partial charge in [-0.05, 0) is 55.6 Å². The van der Waals surface area contributed by atoms with Crippen molar-refractivity contribution in [2.24, 2.45) is 11.3 Å². The highest BCUT2D eigenvalue weighted by Gasteiger charge is 2.41. The third kappa shape index (κ3) is 8.07. The van der Waals surface area contributed by atoms with E-state index in [0.29, 0.717) is 52.0 Å². The van der Waals surface area contributed by atoms with E-state index in [9.17, 15) is 14.4 Å². The van der Waals surface area contributed by atoms with Crippen molar-refractivity contribution in [3.05, 3.63) is 83.9 Å². The van der Waals surface area contributed by atoms with Gasteiger partial charge in [-0.3, -0.25) is 19.3 Å². The highest BCUT2D eigenvalue weighted by atomic mass is 16.5. The van der Waals surface area contributed by atoms with Gasteiger partial charge in [0.25, 0.3) is 0 Å². The van der Waals surface area contributed by atoms with E-state index in [2.05, 4.69) is 45.1 Å². The zero-order valence-electron chi connectivity index (χ0n) is 24.4. The lowest BCUT2D eigenvalue weighted by Gasteiger charge is -2.40. The number of hydrogen-bond donors (Lipinski definition) is 3. The van der Waals surface area contributed by atoms with Gasteiger partial charge in [0, 0.05) is 45.3 Å². The number of ether oxygens (including phenoxy) is 1. The van der Waals surface area contributed by atoms with Crippen LogP contribution in [0.4, 0.5) is 0 Å². The monoisotopic (exact) mass is 572 g/mol. The molecule has 3 N–H and O–H groups in total. The lowest BCUT2D eigenvalue weighted by molar-refractivity contribution is -0.140. The summed E-state index contributed by atoms with van der Waals surface area (Å²) in [6.45, 7) is 3.52.